The number of aliphatic hydroxyl groups excluding tert-OH is 1. The topological polar surface area (TPSA) is 78.8 Å². The van der Waals surface area contributed by atoms with Crippen molar-refractivity contribution in [2.45, 2.75) is 6.92 Å². The maximum absolute atomic E-state index is 13.1. The Balaban J connectivity index is 1.91. The Kier molecular flexibility index (Phi) is 3.65. The van der Waals surface area contributed by atoms with Crippen LogP contribution in [0, 0.1) is 18.7 Å². The van der Waals surface area contributed by atoms with E-state index in [1.807, 2.05) is 0 Å². The lowest BCUT2D eigenvalue weighted by molar-refractivity contribution is -0.119. The molecule has 0 radical (unpaired) electrons. The van der Waals surface area contributed by atoms with Gasteiger partial charge in [-0.25, -0.2) is 9.38 Å². The second-order valence-corrected chi connectivity index (χ2v) is 5.24. The molecule has 1 aromatic rings. The van der Waals surface area contributed by atoms with Crippen LogP contribution in [0.15, 0.2) is 58.8 Å². The number of aliphatic hydroxyl groups is 1. The van der Waals surface area contributed by atoms with Crippen molar-refractivity contribution in [1.82, 2.24) is 0 Å². The van der Waals surface area contributed by atoms with Crippen LogP contribution in [0.5, 0.6) is 0 Å². The first-order valence-corrected chi connectivity index (χ1v) is 6.96. The van der Waals surface area contributed by atoms with Crippen molar-refractivity contribution in [3.63, 3.8) is 0 Å². The van der Waals surface area contributed by atoms with Crippen molar-refractivity contribution in [3.05, 3.63) is 65.2 Å². The van der Waals surface area contributed by atoms with Crippen molar-refractivity contribution >= 4 is 23.2 Å². The van der Waals surface area contributed by atoms with E-state index in [0.717, 1.165) is 0 Å². The third kappa shape index (κ3) is 2.70. The van der Waals surface area contributed by atoms with Crippen LogP contribution in [0.1, 0.15) is 5.56 Å². The molecule has 1 heterocycles. The van der Waals surface area contributed by atoms with Gasteiger partial charge < -0.3 is 10.4 Å². The lowest BCUT2D eigenvalue weighted by Gasteiger charge is -2.21. The van der Waals surface area contributed by atoms with E-state index < -0.39 is 29.1 Å². The lowest BCUT2D eigenvalue weighted by atomic mass is 9.90. The molecule has 0 spiro atoms. The first kappa shape index (κ1) is 14.9. The van der Waals surface area contributed by atoms with Gasteiger partial charge in [0.05, 0.1) is 11.6 Å². The Morgan fingerprint density at radius 1 is 1.35 bits per heavy atom. The Morgan fingerprint density at radius 3 is 2.87 bits per heavy atom. The molecular weight excluding hydrogens is 299 g/mol. The molecule has 1 aromatic carbocycles. The summed E-state index contributed by atoms with van der Waals surface area (Å²) in [7, 11) is 0. The molecule has 1 atom stereocenters. The van der Waals surface area contributed by atoms with Gasteiger partial charge in [0.2, 0.25) is 0 Å². The minimum atomic E-state index is -0.800. The number of hydrogen-bond donors (Lipinski definition) is 2. The first-order chi connectivity index (χ1) is 11.0. The maximum atomic E-state index is 13.1. The average molecular weight is 312 g/mol. The summed E-state index contributed by atoms with van der Waals surface area (Å²) in [6.07, 6.45) is 6.66. The summed E-state index contributed by atoms with van der Waals surface area (Å²) >= 11 is 0. The van der Waals surface area contributed by atoms with Crippen LogP contribution in [0.2, 0.25) is 0 Å². The number of aliphatic imine (C=N–C) groups is 1. The van der Waals surface area contributed by atoms with E-state index in [9.17, 15) is 19.1 Å². The summed E-state index contributed by atoms with van der Waals surface area (Å²) in [6, 6.07) is 3.85. The van der Waals surface area contributed by atoms with Gasteiger partial charge >= 0.3 is 0 Å². The first-order valence-electron chi connectivity index (χ1n) is 6.96. The summed E-state index contributed by atoms with van der Waals surface area (Å²) < 4.78 is 13.1. The second kappa shape index (κ2) is 5.64. The zero-order valence-corrected chi connectivity index (χ0v) is 12.2. The number of carbonyl (C=O) groups excluding carboxylic acids is 2. The van der Waals surface area contributed by atoms with Crippen LogP contribution in [-0.2, 0) is 9.59 Å². The molecule has 2 aliphatic rings. The van der Waals surface area contributed by atoms with E-state index in [0.29, 0.717) is 17.0 Å². The minimum Gasteiger partial charge on any atom is -0.510 e. The molecule has 0 bridgehead atoms. The number of rotatable bonds is 2. The number of benzene rings is 1. The molecule has 1 unspecified atom stereocenters. The Bertz CT molecular complexity index is 834. The van der Waals surface area contributed by atoms with Crippen molar-refractivity contribution in [2.75, 3.05) is 5.32 Å². The molecule has 116 valence electrons. The highest BCUT2D eigenvalue weighted by Crippen LogP contribution is 2.27. The van der Waals surface area contributed by atoms with E-state index in [-0.39, 0.29) is 5.76 Å². The van der Waals surface area contributed by atoms with Crippen molar-refractivity contribution < 1.29 is 19.1 Å². The monoisotopic (exact) mass is 312 g/mol. The van der Waals surface area contributed by atoms with Gasteiger partial charge in [-0.15, -0.1) is 0 Å². The highest BCUT2D eigenvalue weighted by Gasteiger charge is 2.34. The zero-order valence-electron chi connectivity index (χ0n) is 12.2. The Morgan fingerprint density at radius 2 is 2.13 bits per heavy atom. The van der Waals surface area contributed by atoms with Crippen molar-refractivity contribution in [2.24, 2.45) is 10.9 Å². The van der Waals surface area contributed by atoms with E-state index in [1.165, 1.54) is 18.2 Å². The molecule has 1 aliphatic heterocycles. The molecule has 23 heavy (non-hydrogen) atoms. The summed E-state index contributed by atoms with van der Waals surface area (Å²) in [5.41, 5.74) is 0.858. The van der Waals surface area contributed by atoms with Gasteiger partial charge in [0, 0.05) is 5.69 Å². The smallest absolute Gasteiger partial charge is 0.286 e. The van der Waals surface area contributed by atoms with E-state index >= 15 is 0 Å². The van der Waals surface area contributed by atoms with Crippen molar-refractivity contribution in [1.29, 1.82) is 0 Å². The lowest BCUT2D eigenvalue weighted by Crippen LogP contribution is -2.30. The predicted octanol–water partition coefficient (Wildman–Crippen LogP) is 2.61. The number of halogens is 1. The molecule has 5 nitrogen and oxygen atoms in total. The number of nitrogens with one attached hydrogen (secondary N) is 1. The fraction of sp³-hybridized carbons (Fsp3) is 0.118. The third-order valence-electron chi connectivity index (χ3n) is 3.66. The van der Waals surface area contributed by atoms with E-state index in [4.69, 9.17) is 0 Å². The number of aryl methyl sites for hydroxylation is 1. The predicted molar refractivity (Wildman–Crippen MR) is 83.6 cm³/mol. The van der Waals surface area contributed by atoms with Gasteiger partial charge in [0.25, 0.3) is 11.8 Å². The van der Waals surface area contributed by atoms with Gasteiger partial charge in [-0.1, -0.05) is 18.2 Å². The summed E-state index contributed by atoms with van der Waals surface area (Å²) in [6.45, 7) is 1.63. The quantitative estimate of drug-likeness (QED) is 0.824. The molecule has 2 N–H and O–H groups in total. The highest BCUT2D eigenvalue weighted by molar-refractivity contribution is 6.28. The number of carbonyl (C=O) groups is 2. The van der Waals surface area contributed by atoms with E-state index in [2.05, 4.69) is 10.3 Å². The van der Waals surface area contributed by atoms with E-state index in [1.54, 1.807) is 31.2 Å². The van der Waals surface area contributed by atoms with Crippen LogP contribution in [0.3, 0.4) is 0 Å². The van der Waals surface area contributed by atoms with Gasteiger partial charge in [-0.05, 0) is 36.8 Å². The molecule has 1 aliphatic carbocycles. The molecule has 2 amide bonds. The van der Waals surface area contributed by atoms with Crippen LogP contribution >= 0.6 is 0 Å². The third-order valence-corrected chi connectivity index (χ3v) is 3.66. The van der Waals surface area contributed by atoms with Crippen LogP contribution in [0.4, 0.5) is 10.1 Å². The molecule has 3 rings (SSSR count). The maximum Gasteiger partial charge on any atom is 0.286 e. The largest absolute Gasteiger partial charge is 0.510 e. The molecule has 6 heteroatoms. The standard InChI is InChI=1S/C17H13FN2O3/c1-9-8-10(18)6-7-12(9)19-16(22)14-15(21)11-4-2-3-5-13(11)20-17(14)23/h2-8,11,21H,1H3,(H,19,22). The summed E-state index contributed by atoms with van der Waals surface area (Å²) in [5.74, 6) is -2.94. The van der Waals surface area contributed by atoms with Gasteiger partial charge in [0.15, 0.2) is 0 Å². The Labute approximate surface area is 131 Å². The number of dihydropyridines is 1. The van der Waals surface area contributed by atoms with Crippen LogP contribution in [-0.4, -0.2) is 22.6 Å². The van der Waals surface area contributed by atoms with Crippen molar-refractivity contribution in [3.8, 4) is 0 Å². The number of hydrogen-bond acceptors (Lipinski definition) is 3. The van der Waals surface area contributed by atoms with Gasteiger partial charge in [0.1, 0.15) is 17.1 Å². The number of nitrogens with zero attached hydrogens (tertiary/aromatic N) is 1. The SMILES string of the molecule is Cc1cc(F)ccc1NC(=O)C1=C(O)C2C=CC=CC2=NC1=O. The zero-order chi connectivity index (χ0) is 16.6. The molecule has 0 aromatic heterocycles. The number of anilines is 1. The number of fused-ring (bicyclic) bond motifs is 1. The molecule has 0 saturated carbocycles. The normalized spacial score (nSPS) is 19.5. The second-order valence-electron chi connectivity index (χ2n) is 5.24. The Hall–Kier alpha value is -3.02. The highest BCUT2D eigenvalue weighted by atomic mass is 19.1. The fourth-order valence-electron chi connectivity index (χ4n) is 2.47. The van der Waals surface area contributed by atoms with Gasteiger partial charge in [-0.3, -0.25) is 9.59 Å². The van der Waals surface area contributed by atoms with Crippen LogP contribution in [0.25, 0.3) is 0 Å². The molecular formula is C17H13FN2O3. The minimum absolute atomic E-state index is 0.335. The molecule has 0 saturated heterocycles. The van der Waals surface area contributed by atoms with Crippen LogP contribution < -0.4 is 5.32 Å². The number of amides is 2. The fourth-order valence-corrected chi connectivity index (χ4v) is 2.47. The van der Waals surface area contributed by atoms with Gasteiger partial charge in [-0.2, -0.15) is 0 Å². The number of allylic oxidation sites excluding steroid dienone is 4. The molecule has 0 fully saturated rings. The average Bonchev–Trinajstić information content (AvgIpc) is 2.50. The summed E-state index contributed by atoms with van der Waals surface area (Å²) in [5, 5.41) is 12.8. The summed E-state index contributed by atoms with van der Waals surface area (Å²) in [4.78, 5) is 28.2.